The molecule has 0 unspecified atom stereocenters. The van der Waals surface area contributed by atoms with Gasteiger partial charge in [0, 0.05) is 30.9 Å². The normalized spacial score (nSPS) is 21.5. The average molecular weight is 287 g/mol. The molecule has 1 aromatic heterocycles. The molecule has 4 nitrogen and oxygen atoms in total. The standard InChI is InChI=1S/C17H25N3O/c1-14-11-15(13-21)12-18-17(14)20-9-5-16(6-10-20)19-7-3-2-4-8-19/h11-13,16H,2-10H2,1H3. The molecule has 3 rings (SSSR count). The number of anilines is 1. The van der Waals surface area contributed by atoms with Gasteiger partial charge in [0.2, 0.25) is 0 Å². The van der Waals surface area contributed by atoms with Crippen molar-refractivity contribution in [3.8, 4) is 0 Å². The Kier molecular flexibility index (Phi) is 4.54. The summed E-state index contributed by atoms with van der Waals surface area (Å²) in [6.07, 6.45) is 9.16. The Labute approximate surface area is 127 Å². The summed E-state index contributed by atoms with van der Waals surface area (Å²) in [6.45, 7) is 6.78. The highest BCUT2D eigenvalue weighted by Gasteiger charge is 2.26. The van der Waals surface area contributed by atoms with E-state index in [0.717, 1.165) is 36.8 Å². The van der Waals surface area contributed by atoms with Crippen LogP contribution in [0, 0.1) is 6.92 Å². The van der Waals surface area contributed by atoms with Crippen LogP contribution in [-0.4, -0.2) is 48.4 Å². The molecular formula is C17H25N3O. The summed E-state index contributed by atoms with van der Waals surface area (Å²) >= 11 is 0. The highest BCUT2D eigenvalue weighted by Crippen LogP contribution is 2.25. The molecule has 1 aromatic rings. The molecule has 0 spiro atoms. The predicted octanol–water partition coefficient (Wildman–Crippen LogP) is 2.66. The maximum atomic E-state index is 10.8. The second kappa shape index (κ2) is 6.56. The first kappa shape index (κ1) is 14.5. The Hall–Kier alpha value is -1.42. The number of pyridine rings is 1. The molecule has 2 saturated heterocycles. The molecule has 0 aromatic carbocycles. The predicted molar refractivity (Wildman–Crippen MR) is 85.0 cm³/mol. The monoisotopic (exact) mass is 287 g/mol. The lowest BCUT2D eigenvalue weighted by molar-refractivity contribution is 0.112. The van der Waals surface area contributed by atoms with Crippen molar-refractivity contribution in [2.24, 2.45) is 0 Å². The van der Waals surface area contributed by atoms with E-state index in [1.54, 1.807) is 6.20 Å². The minimum Gasteiger partial charge on any atom is -0.356 e. The van der Waals surface area contributed by atoms with Crippen LogP contribution in [0.3, 0.4) is 0 Å². The van der Waals surface area contributed by atoms with E-state index in [4.69, 9.17) is 0 Å². The van der Waals surface area contributed by atoms with Gasteiger partial charge < -0.3 is 9.80 Å². The third-order valence-corrected chi connectivity index (χ3v) is 4.88. The quantitative estimate of drug-likeness (QED) is 0.801. The number of likely N-dealkylation sites (tertiary alicyclic amines) is 1. The lowest BCUT2D eigenvalue weighted by Crippen LogP contribution is -2.47. The molecule has 2 fully saturated rings. The number of carbonyl (C=O) groups is 1. The van der Waals surface area contributed by atoms with Crippen LogP contribution in [-0.2, 0) is 0 Å². The minimum absolute atomic E-state index is 0.666. The first-order valence-electron chi connectivity index (χ1n) is 8.19. The van der Waals surface area contributed by atoms with Gasteiger partial charge in [0.15, 0.2) is 6.29 Å². The largest absolute Gasteiger partial charge is 0.356 e. The van der Waals surface area contributed by atoms with Gasteiger partial charge in [-0.3, -0.25) is 4.79 Å². The topological polar surface area (TPSA) is 36.4 Å². The molecule has 0 radical (unpaired) electrons. The summed E-state index contributed by atoms with van der Waals surface area (Å²) in [5, 5.41) is 0. The van der Waals surface area contributed by atoms with Gasteiger partial charge in [-0.2, -0.15) is 0 Å². The zero-order valence-electron chi connectivity index (χ0n) is 12.9. The molecule has 21 heavy (non-hydrogen) atoms. The molecule has 3 heterocycles. The van der Waals surface area contributed by atoms with Gasteiger partial charge in [-0.1, -0.05) is 6.42 Å². The molecule has 2 aliphatic heterocycles. The second-order valence-electron chi connectivity index (χ2n) is 6.34. The fourth-order valence-electron chi connectivity index (χ4n) is 3.71. The molecule has 114 valence electrons. The fourth-order valence-corrected chi connectivity index (χ4v) is 3.71. The summed E-state index contributed by atoms with van der Waals surface area (Å²) in [6, 6.07) is 2.70. The first-order chi connectivity index (χ1) is 10.3. The van der Waals surface area contributed by atoms with Crippen LogP contribution in [0.4, 0.5) is 5.82 Å². The van der Waals surface area contributed by atoms with Crippen molar-refractivity contribution in [1.82, 2.24) is 9.88 Å². The van der Waals surface area contributed by atoms with Crippen LogP contribution in [0.15, 0.2) is 12.3 Å². The van der Waals surface area contributed by atoms with E-state index in [1.165, 1.54) is 45.2 Å². The van der Waals surface area contributed by atoms with Crippen LogP contribution in [0.25, 0.3) is 0 Å². The van der Waals surface area contributed by atoms with Crippen molar-refractivity contribution in [3.05, 3.63) is 23.4 Å². The fraction of sp³-hybridized carbons (Fsp3) is 0.647. The number of rotatable bonds is 3. The zero-order chi connectivity index (χ0) is 14.7. The van der Waals surface area contributed by atoms with Gasteiger partial charge in [0.1, 0.15) is 5.82 Å². The van der Waals surface area contributed by atoms with E-state index >= 15 is 0 Å². The van der Waals surface area contributed by atoms with Crippen LogP contribution >= 0.6 is 0 Å². The molecule has 0 saturated carbocycles. The van der Waals surface area contributed by atoms with Gasteiger partial charge in [-0.05, 0) is 57.3 Å². The Balaban J connectivity index is 1.61. The van der Waals surface area contributed by atoms with Crippen molar-refractivity contribution in [2.45, 2.75) is 45.1 Å². The summed E-state index contributed by atoms with van der Waals surface area (Å²) in [7, 11) is 0. The Morgan fingerprint density at radius 2 is 1.86 bits per heavy atom. The molecule has 0 bridgehead atoms. The number of aryl methyl sites for hydroxylation is 1. The van der Waals surface area contributed by atoms with Crippen LogP contribution in [0.1, 0.15) is 48.0 Å². The highest BCUT2D eigenvalue weighted by atomic mass is 16.1. The van der Waals surface area contributed by atoms with Crippen molar-refractivity contribution < 1.29 is 4.79 Å². The van der Waals surface area contributed by atoms with E-state index in [1.807, 2.05) is 13.0 Å². The van der Waals surface area contributed by atoms with Gasteiger partial charge in [0.25, 0.3) is 0 Å². The molecule has 4 heteroatoms. The number of hydrogen-bond donors (Lipinski definition) is 0. The number of aldehydes is 1. The summed E-state index contributed by atoms with van der Waals surface area (Å²) in [5.41, 5.74) is 1.77. The molecule has 0 aliphatic carbocycles. The van der Waals surface area contributed by atoms with E-state index < -0.39 is 0 Å². The molecule has 0 amide bonds. The number of nitrogens with zero attached hydrogens (tertiary/aromatic N) is 3. The Bertz CT molecular complexity index is 489. The van der Waals surface area contributed by atoms with E-state index in [0.29, 0.717) is 5.56 Å². The third-order valence-electron chi connectivity index (χ3n) is 4.88. The van der Waals surface area contributed by atoms with Gasteiger partial charge in [-0.15, -0.1) is 0 Å². The summed E-state index contributed by atoms with van der Waals surface area (Å²) in [4.78, 5) is 20.4. The van der Waals surface area contributed by atoms with E-state index in [-0.39, 0.29) is 0 Å². The number of hydrogen-bond acceptors (Lipinski definition) is 4. The maximum Gasteiger partial charge on any atom is 0.151 e. The van der Waals surface area contributed by atoms with Crippen molar-refractivity contribution in [1.29, 1.82) is 0 Å². The van der Waals surface area contributed by atoms with Crippen LogP contribution < -0.4 is 4.90 Å². The maximum absolute atomic E-state index is 10.8. The van der Waals surface area contributed by atoms with Crippen LogP contribution in [0.2, 0.25) is 0 Å². The van der Waals surface area contributed by atoms with Gasteiger partial charge >= 0.3 is 0 Å². The summed E-state index contributed by atoms with van der Waals surface area (Å²) in [5.74, 6) is 1.05. The van der Waals surface area contributed by atoms with E-state index in [9.17, 15) is 4.79 Å². The summed E-state index contributed by atoms with van der Waals surface area (Å²) < 4.78 is 0. The third kappa shape index (κ3) is 3.26. The zero-order valence-corrected chi connectivity index (χ0v) is 12.9. The number of aromatic nitrogens is 1. The molecule has 0 atom stereocenters. The Morgan fingerprint density at radius 1 is 1.14 bits per heavy atom. The number of piperidine rings is 2. The minimum atomic E-state index is 0.666. The van der Waals surface area contributed by atoms with Crippen molar-refractivity contribution >= 4 is 12.1 Å². The first-order valence-corrected chi connectivity index (χ1v) is 8.19. The van der Waals surface area contributed by atoms with E-state index in [2.05, 4.69) is 14.8 Å². The number of carbonyl (C=O) groups excluding carboxylic acids is 1. The second-order valence-corrected chi connectivity index (χ2v) is 6.34. The smallest absolute Gasteiger partial charge is 0.151 e. The lowest BCUT2D eigenvalue weighted by Gasteiger charge is -2.40. The molecule has 0 N–H and O–H groups in total. The van der Waals surface area contributed by atoms with Gasteiger partial charge in [-0.25, -0.2) is 4.98 Å². The lowest BCUT2D eigenvalue weighted by atomic mass is 9.99. The Morgan fingerprint density at radius 3 is 2.48 bits per heavy atom. The highest BCUT2D eigenvalue weighted by molar-refractivity contribution is 5.75. The van der Waals surface area contributed by atoms with Crippen LogP contribution in [0.5, 0.6) is 0 Å². The average Bonchev–Trinajstić information content (AvgIpc) is 2.56. The van der Waals surface area contributed by atoms with Gasteiger partial charge in [0.05, 0.1) is 0 Å². The molecule has 2 aliphatic rings. The van der Waals surface area contributed by atoms with Crippen molar-refractivity contribution in [2.75, 3.05) is 31.1 Å². The molecular weight excluding hydrogens is 262 g/mol. The SMILES string of the molecule is Cc1cc(C=O)cnc1N1CCC(N2CCCCC2)CC1. The van der Waals surface area contributed by atoms with Crippen molar-refractivity contribution in [3.63, 3.8) is 0 Å².